The summed E-state index contributed by atoms with van der Waals surface area (Å²) in [5, 5.41) is 11.6. The maximum Gasteiger partial charge on any atom is 0.117 e. The SMILES string of the molecule is COCC(O)(Cc1ccc(Br)cc1Cl)c1ccccc1. The second-order valence-corrected chi connectivity index (χ2v) is 6.07. The third-order valence-electron chi connectivity index (χ3n) is 3.19. The van der Waals surface area contributed by atoms with E-state index in [1.807, 2.05) is 48.5 Å². The van der Waals surface area contributed by atoms with Gasteiger partial charge >= 0.3 is 0 Å². The van der Waals surface area contributed by atoms with Crippen molar-refractivity contribution in [1.82, 2.24) is 0 Å². The Labute approximate surface area is 132 Å². The molecule has 20 heavy (non-hydrogen) atoms. The Morgan fingerprint density at radius 2 is 1.90 bits per heavy atom. The summed E-state index contributed by atoms with van der Waals surface area (Å²) < 4.78 is 6.11. The molecule has 0 radical (unpaired) electrons. The number of benzene rings is 2. The second kappa shape index (κ2) is 6.72. The van der Waals surface area contributed by atoms with Crippen LogP contribution in [0.15, 0.2) is 53.0 Å². The minimum absolute atomic E-state index is 0.212. The van der Waals surface area contributed by atoms with Crippen molar-refractivity contribution in [3.05, 3.63) is 69.2 Å². The quantitative estimate of drug-likeness (QED) is 0.872. The zero-order chi connectivity index (χ0) is 14.6. The first-order chi connectivity index (χ1) is 9.55. The molecular formula is C16H16BrClO2. The summed E-state index contributed by atoms with van der Waals surface area (Å²) in [5.41, 5.74) is 0.618. The molecule has 0 amide bonds. The summed E-state index contributed by atoms with van der Waals surface area (Å²) in [6.45, 7) is 0.212. The summed E-state index contributed by atoms with van der Waals surface area (Å²) >= 11 is 9.62. The highest BCUT2D eigenvalue weighted by Crippen LogP contribution is 2.30. The number of ether oxygens (including phenoxy) is 1. The normalized spacial score (nSPS) is 14.0. The van der Waals surface area contributed by atoms with E-state index in [1.54, 1.807) is 7.11 Å². The van der Waals surface area contributed by atoms with E-state index in [2.05, 4.69) is 15.9 Å². The number of halogens is 2. The van der Waals surface area contributed by atoms with E-state index in [-0.39, 0.29) is 6.61 Å². The molecule has 0 aliphatic heterocycles. The molecular weight excluding hydrogens is 340 g/mol. The topological polar surface area (TPSA) is 29.5 Å². The molecule has 2 aromatic carbocycles. The Bertz CT molecular complexity index is 574. The van der Waals surface area contributed by atoms with Crippen molar-refractivity contribution in [1.29, 1.82) is 0 Å². The first kappa shape index (κ1) is 15.5. The third kappa shape index (κ3) is 3.61. The van der Waals surface area contributed by atoms with Crippen LogP contribution in [-0.2, 0) is 16.8 Å². The molecule has 106 valence electrons. The Morgan fingerprint density at radius 1 is 1.20 bits per heavy atom. The van der Waals surface area contributed by atoms with Crippen LogP contribution in [0.5, 0.6) is 0 Å². The van der Waals surface area contributed by atoms with Gasteiger partial charge in [-0.2, -0.15) is 0 Å². The molecule has 2 aromatic rings. The lowest BCUT2D eigenvalue weighted by atomic mass is 9.88. The highest BCUT2D eigenvalue weighted by atomic mass is 79.9. The van der Waals surface area contributed by atoms with Crippen LogP contribution in [0, 0.1) is 0 Å². The van der Waals surface area contributed by atoms with Gasteiger partial charge in [0.2, 0.25) is 0 Å². The van der Waals surface area contributed by atoms with Gasteiger partial charge in [-0.25, -0.2) is 0 Å². The zero-order valence-electron chi connectivity index (χ0n) is 11.1. The maximum atomic E-state index is 10.9. The standard InChI is InChI=1S/C16H16BrClO2/c1-20-11-16(19,13-5-3-2-4-6-13)10-12-7-8-14(17)9-15(12)18/h2-9,19H,10-11H2,1H3. The van der Waals surface area contributed by atoms with Crippen LogP contribution in [0.1, 0.15) is 11.1 Å². The first-order valence-corrected chi connectivity index (χ1v) is 7.43. The monoisotopic (exact) mass is 354 g/mol. The number of methoxy groups -OCH3 is 1. The van der Waals surface area contributed by atoms with Crippen molar-refractivity contribution < 1.29 is 9.84 Å². The summed E-state index contributed by atoms with van der Waals surface area (Å²) in [4.78, 5) is 0. The fourth-order valence-electron chi connectivity index (χ4n) is 2.20. The molecule has 0 spiro atoms. The van der Waals surface area contributed by atoms with Crippen molar-refractivity contribution in [2.45, 2.75) is 12.0 Å². The predicted molar refractivity (Wildman–Crippen MR) is 85.1 cm³/mol. The van der Waals surface area contributed by atoms with Gasteiger partial charge in [-0.1, -0.05) is 63.9 Å². The number of hydrogen-bond acceptors (Lipinski definition) is 2. The maximum absolute atomic E-state index is 10.9. The van der Waals surface area contributed by atoms with Crippen LogP contribution in [0.3, 0.4) is 0 Å². The molecule has 1 atom stereocenters. The Balaban J connectivity index is 2.34. The van der Waals surface area contributed by atoms with Crippen LogP contribution in [0.4, 0.5) is 0 Å². The first-order valence-electron chi connectivity index (χ1n) is 6.26. The van der Waals surface area contributed by atoms with E-state index in [0.29, 0.717) is 11.4 Å². The number of hydrogen-bond donors (Lipinski definition) is 1. The van der Waals surface area contributed by atoms with Gasteiger partial charge in [0.15, 0.2) is 0 Å². The van der Waals surface area contributed by atoms with Gasteiger partial charge in [0.25, 0.3) is 0 Å². The van der Waals surface area contributed by atoms with Crippen molar-refractivity contribution in [2.75, 3.05) is 13.7 Å². The molecule has 0 bridgehead atoms. The van der Waals surface area contributed by atoms with E-state index < -0.39 is 5.60 Å². The third-order valence-corrected chi connectivity index (χ3v) is 4.04. The molecule has 2 nitrogen and oxygen atoms in total. The Kier molecular flexibility index (Phi) is 5.22. The minimum Gasteiger partial charge on any atom is -0.382 e. The second-order valence-electron chi connectivity index (χ2n) is 4.74. The fraction of sp³-hybridized carbons (Fsp3) is 0.250. The van der Waals surface area contributed by atoms with Gasteiger partial charge in [0, 0.05) is 23.0 Å². The average Bonchev–Trinajstić information content (AvgIpc) is 2.43. The molecule has 1 N–H and O–H groups in total. The van der Waals surface area contributed by atoms with Crippen molar-refractivity contribution >= 4 is 27.5 Å². The van der Waals surface area contributed by atoms with Crippen molar-refractivity contribution in [2.24, 2.45) is 0 Å². The lowest BCUT2D eigenvalue weighted by Crippen LogP contribution is -2.33. The molecule has 0 aliphatic rings. The summed E-state index contributed by atoms with van der Waals surface area (Å²) in [7, 11) is 1.58. The highest BCUT2D eigenvalue weighted by Gasteiger charge is 2.30. The molecule has 2 rings (SSSR count). The van der Waals surface area contributed by atoms with E-state index in [4.69, 9.17) is 16.3 Å². The molecule has 1 unspecified atom stereocenters. The van der Waals surface area contributed by atoms with Gasteiger partial charge in [-0.15, -0.1) is 0 Å². The summed E-state index contributed by atoms with van der Waals surface area (Å²) in [6, 6.07) is 15.2. The average molecular weight is 356 g/mol. The lowest BCUT2D eigenvalue weighted by molar-refractivity contribution is -0.0355. The Hall–Kier alpha value is -0.870. The van der Waals surface area contributed by atoms with E-state index in [0.717, 1.165) is 15.6 Å². The summed E-state index contributed by atoms with van der Waals surface area (Å²) in [6.07, 6.45) is 0.400. The molecule has 0 heterocycles. The number of rotatable bonds is 5. The van der Waals surface area contributed by atoms with Crippen LogP contribution in [-0.4, -0.2) is 18.8 Å². The minimum atomic E-state index is -1.09. The van der Waals surface area contributed by atoms with Gasteiger partial charge in [0.1, 0.15) is 5.60 Å². The summed E-state index contributed by atoms with van der Waals surface area (Å²) in [5.74, 6) is 0. The molecule has 0 fully saturated rings. The Morgan fingerprint density at radius 3 is 2.50 bits per heavy atom. The highest BCUT2D eigenvalue weighted by molar-refractivity contribution is 9.10. The van der Waals surface area contributed by atoms with Gasteiger partial charge in [-0.05, 0) is 23.3 Å². The van der Waals surface area contributed by atoms with Gasteiger partial charge in [0.05, 0.1) is 6.61 Å². The van der Waals surface area contributed by atoms with E-state index >= 15 is 0 Å². The van der Waals surface area contributed by atoms with Crippen molar-refractivity contribution in [3.8, 4) is 0 Å². The van der Waals surface area contributed by atoms with Crippen LogP contribution >= 0.6 is 27.5 Å². The zero-order valence-corrected chi connectivity index (χ0v) is 13.5. The molecule has 0 aromatic heterocycles. The molecule has 0 saturated heterocycles. The number of aliphatic hydroxyl groups is 1. The van der Waals surface area contributed by atoms with E-state index in [9.17, 15) is 5.11 Å². The van der Waals surface area contributed by atoms with E-state index in [1.165, 1.54) is 0 Å². The fourth-order valence-corrected chi connectivity index (χ4v) is 2.94. The van der Waals surface area contributed by atoms with Gasteiger partial charge in [-0.3, -0.25) is 0 Å². The van der Waals surface area contributed by atoms with Crippen LogP contribution in [0.2, 0.25) is 5.02 Å². The largest absolute Gasteiger partial charge is 0.382 e. The van der Waals surface area contributed by atoms with Crippen molar-refractivity contribution in [3.63, 3.8) is 0 Å². The molecule has 4 heteroatoms. The van der Waals surface area contributed by atoms with Crippen LogP contribution < -0.4 is 0 Å². The van der Waals surface area contributed by atoms with Crippen LogP contribution in [0.25, 0.3) is 0 Å². The molecule has 0 saturated carbocycles. The predicted octanol–water partition coefficient (Wildman–Crippen LogP) is 4.18. The molecule has 0 aliphatic carbocycles. The van der Waals surface area contributed by atoms with Gasteiger partial charge < -0.3 is 9.84 Å². The lowest BCUT2D eigenvalue weighted by Gasteiger charge is -2.28. The smallest absolute Gasteiger partial charge is 0.117 e.